The van der Waals surface area contributed by atoms with Crippen molar-refractivity contribution >= 4 is 11.3 Å². The molecule has 0 aliphatic carbocycles. The van der Waals surface area contributed by atoms with E-state index in [4.69, 9.17) is 0 Å². The number of thiazole rings is 1. The van der Waals surface area contributed by atoms with Crippen molar-refractivity contribution in [3.63, 3.8) is 0 Å². The SMILES string of the molecule is CCCNC(CC)c1ccn(CCc2scnc2C)c1. The first-order valence-electron chi connectivity index (χ1n) is 7.52. The highest BCUT2D eigenvalue weighted by atomic mass is 32.1. The number of aromatic nitrogens is 2. The summed E-state index contributed by atoms with van der Waals surface area (Å²) in [6, 6.07) is 2.73. The van der Waals surface area contributed by atoms with Crippen molar-refractivity contribution in [2.24, 2.45) is 0 Å². The standard InChI is InChI=1S/C16H25N3S/c1-4-8-17-15(5-2)14-6-9-19(11-14)10-7-16-13(3)18-12-20-16/h6,9,11-12,15,17H,4-5,7-8,10H2,1-3H3. The Balaban J connectivity index is 1.92. The first-order valence-corrected chi connectivity index (χ1v) is 8.40. The van der Waals surface area contributed by atoms with Gasteiger partial charge in [0.15, 0.2) is 0 Å². The van der Waals surface area contributed by atoms with Gasteiger partial charge in [-0.15, -0.1) is 11.3 Å². The molecule has 110 valence electrons. The molecule has 0 aliphatic rings. The van der Waals surface area contributed by atoms with Gasteiger partial charge in [0.2, 0.25) is 0 Å². The van der Waals surface area contributed by atoms with E-state index in [2.05, 4.69) is 54.1 Å². The predicted octanol–water partition coefficient (Wildman–Crippen LogP) is 3.95. The molecule has 0 amide bonds. The molecule has 1 unspecified atom stereocenters. The number of rotatable bonds is 8. The maximum Gasteiger partial charge on any atom is 0.0797 e. The van der Waals surface area contributed by atoms with Crippen LogP contribution in [0.15, 0.2) is 24.0 Å². The Kier molecular flexibility index (Phi) is 5.80. The summed E-state index contributed by atoms with van der Waals surface area (Å²) in [4.78, 5) is 5.71. The van der Waals surface area contributed by atoms with Gasteiger partial charge in [-0.3, -0.25) is 0 Å². The zero-order chi connectivity index (χ0) is 14.4. The van der Waals surface area contributed by atoms with Crippen molar-refractivity contribution in [2.45, 2.75) is 52.6 Å². The van der Waals surface area contributed by atoms with Crippen molar-refractivity contribution in [3.05, 3.63) is 40.1 Å². The normalized spacial score (nSPS) is 12.8. The summed E-state index contributed by atoms with van der Waals surface area (Å²) in [5.74, 6) is 0. The minimum atomic E-state index is 0.487. The van der Waals surface area contributed by atoms with Gasteiger partial charge in [0.25, 0.3) is 0 Å². The Bertz CT molecular complexity index is 515. The monoisotopic (exact) mass is 291 g/mol. The zero-order valence-corrected chi connectivity index (χ0v) is 13.5. The zero-order valence-electron chi connectivity index (χ0n) is 12.7. The third-order valence-electron chi connectivity index (χ3n) is 3.67. The Labute approximate surface area is 126 Å². The van der Waals surface area contributed by atoms with Gasteiger partial charge >= 0.3 is 0 Å². The summed E-state index contributed by atoms with van der Waals surface area (Å²) in [7, 11) is 0. The summed E-state index contributed by atoms with van der Waals surface area (Å²) in [5, 5.41) is 3.61. The van der Waals surface area contributed by atoms with Crippen molar-refractivity contribution in [1.82, 2.24) is 14.9 Å². The quantitative estimate of drug-likeness (QED) is 0.798. The van der Waals surface area contributed by atoms with Gasteiger partial charge in [-0.05, 0) is 37.9 Å². The third-order valence-corrected chi connectivity index (χ3v) is 4.66. The van der Waals surface area contributed by atoms with Crippen LogP contribution < -0.4 is 5.32 Å². The van der Waals surface area contributed by atoms with Gasteiger partial charge in [-0.1, -0.05) is 13.8 Å². The third kappa shape index (κ3) is 3.93. The second-order valence-electron chi connectivity index (χ2n) is 5.21. The Morgan fingerprint density at radius 1 is 1.40 bits per heavy atom. The summed E-state index contributed by atoms with van der Waals surface area (Å²) in [5.41, 5.74) is 4.52. The van der Waals surface area contributed by atoms with Crippen LogP contribution >= 0.6 is 11.3 Å². The van der Waals surface area contributed by atoms with Crippen LogP contribution in [0.5, 0.6) is 0 Å². The number of nitrogens with zero attached hydrogens (tertiary/aromatic N) is 2. The number of nitrogens with one attached hydrogen (secondary N) is 1. The number of aryl methyl sites for hydroxylation is 3. The number of hydrogen-bond donors (Lipinski definition) is 1. The summed E-state index contributed by atoms with van der Waals surface area (Å²) in [6.45, 7) is 8.67. The summed E-state index contributed by atoms with van der Waals surface area (Å²) >= 11 is 1.76. The Hall–Kier alpha value is -1.13. The van der Waals surface area contributed by atoms with Crippen LogP contribution in [0.25, 0.3) is 0 Å². The van der Waals surface area contributed by atoms with Crippen LogP contribution in [0, 0.1) is 6.92 Å². The molecule has 2 aromatic heterocycles. The van der Waals surface area contributed by atoms with Gasteiger partial charge < -0.3 is 9.88 Å². The molecule has 1 N–H and O–H groups in total. The molecule has 0 fully saturated rings. The fourth-order valence-electron chi connectivity index (χ4n) is 2.42. The Morgan fingerprint density at radius 3 is 2.90 bits per heavy atom. The van der Waals surface area contributed by atoms with E-state index in [1.165, 1.54) is 22.6 Å². The molecule has 0 aromatic carbocycles. The molecule has 3 nitrogen and oxygen atoms in total. The largest absolute Gasteiger partial charge is 0.354 e. The fourth-order valence-corrected chi connectivity index (χ4v) is 3.19. The maximum atomic E-state index is 4.31. The molecule has 0 saturated carbocycles. The molecular formula is C16H25N3S. The van der Waals surface area contributed by atoms with Crippen molar-refractivity contribution in [2.75, 3.05) is 6.54 Å². The van der Waals surface area contributed by atoms with Crippen LogP contribution in [0.3, 0.4) is 0 Å². The van der Waals surface area contributed by atoms with Crippen LogP contribution in [-0.2, 0) is 13.0 Å². The second-order valence-corrected chi connectivity index (χ2v) is 6.15. The lowest BCUT2D eigenvalue weighted by Crippen LogP contribution is -2.21. The van der Waals surface area contributed by atoms with Crippen LogP contribution in [0.4, 0.5) is 0 Å². The van der Waals surface area contributed by atoms with E-state index in [0.717, 1.165) is 25.9 Å². The molecule has 0 spiro atoms. The highest BCUT2D eigenvalue weighted by Crippen LogP contribution is 2.18. The van der Waals surface area contributed by atoms with Crippen molar-refractivity contribution in [1.29, 1.82) is 0 Å². The minimum absolute atomic E-state index is 0.487. The molecular weight excluding hydrogens is 266 g/mol. The molecule has 2 heterocycles. The predicted molar refractivity (Wildman–Crippen MR) is 86.3 cm³/mol. The smallest absolute Gasteiger partial charge is 0.0797 e. The topological polar surface area (TPSA) is 29.9 Å². The maximum absolute atomic E-state index is 4.31. The highest BCUT2D eigenvalue weighted by molar-refractivity contribution is 7.09. The molecule has 2 aromatic rings. The average molecular weight is 291 g/mol. The van der Waals surface area contributed by atoms with E-state index < -0.39 is 0 Å². The van der Waals surface area contributed by atoms with Gasteiger partial charge in [0, 0.05) is 36.3 Å². The Morgan fingerprint density at radius 2 is 2.25 bits per heavy atom. The fraction of sp³-hybridized carbons (Fsp3) is 0.562. The van der Waals surface area contributed by atoms with Crippen LogP contribution in [-0.4, -0.2) is 16.1 Å². The summed E-state index contributed by atoms with van der Waals surface area (Å²) < 4.78 is 2.30. The average Bonchev–Trinajstić information content (AvgIpc) is 3.07. The molecule has 2 rings (SSSR count). The lowest BCUT2D eigenvalue weighted by molar-refractivity contribution is 0.517. The minimum Gasteiger partial charge on any atom is -0.354 e. The highest BCUT2D eigenvalue weighted by Gasteiger charge is 2.09. The molecule has 1 atom stereocenters. The van der Waals surface area contributed by atoms with Gasteiger partial charge in [0.05, 0.1) is 11.2 Å². The summed E-state index contributed by atoms with van der Waals surface area (Å²) in [6.07, 6.45) is 7.87. The first kappa shape index (κ1) is 15.3. The van der Waals surface area contributed by atoms with Crippen LogP contribution in [0.2, 0.25) is 0 Å². The van der Waals surface area contributed by atoms with Gasteiger partial charge in [-0.25, -0.2) is 4.98 Å². The molecule has 20 heavy (non-hydrogen) atoms. The van der Waals surface area contributed by atoms with E-state index in [1.54, 1.807) is 11.3 Å². The molecule has 0 aliphatic heterocycles. The van der Waals surface area contributed by atoms with E-state index in [9.17, 15) is 0 Å². The van der Waals surface area contributed by atoms with E-state index >= 15 is 0 Å². The second kappa shape index (κ2) is 7.60. The van der Waals surface area contributed by atoms with Gasteiger partial charge in [-0.2, -0.15) is 0 Å². The molecule has 0 saturated heterocycles. The van der Waals surface area contributed by atoms with E-state index in [0.29, 0.717) is 6.04 Å². The lowest BCUT2D eigenvalue weighted by Gasteiger charge is -2.15. The molecule has 4 heteroatoms. The first-order chi connectivity index (χ1) is 9.74. The number of hydrogen-bond acceptors (Lipinski definition) is 3. The molecule has 0 bridgehead atoms. The van der Waals surface area contributed by atoms with Crippen LogP contribution in [0.1, 0.15) is 48.9 Å². The molecule has 0 radical (unpaired) electrons. The van der Waals surface area contributed by atoms with E-state index in [-0.39, 0.29) is 0 Å². The van der Waals surface area contributed by atoms with Gasteiger partial charge in [0.1, 0.15) is 0 Å². The lowest BCUT2D eigenvalue weighted by atomic mass is 10.1. The van der Waals surface area contributed by atoms with Crippen molar-refractivity contribution < 1.29 is 0 Å². The van der Waals surface area contributed by atoms with E-state index in [1.807, 2.05) is 5.51 Å². The van der Waals surface area contributed by atoms with Crippen molar-refractivity contribution in [3.8, 4) is 0 Å².